The van der Waals surface area contributed by atoms with E-state index < -0.39 is 0 Å². The SMILES string of the molecule is Clc1ccc(CC(CBr)C2CC2)cc1. The Bertz CT molecular complexity index is 290. The van der Waals surface area contributed by atoms with Gasteiger partial charge < -0.3 is 0 Å². The Morgan fingerprint density at radius 2 is 1.93 bits per heavy atom. The summed E-state index contributed by atoms with van der Waals surface area (Å²) in [6, 6.07) is 8.24. The van der Waals surface area contributed by atoms with Crippen molar-refractivity contribution in [2.75, 3.05) is 5.33 Å². The Hall–Kier alpha value is -0.0100. The first-order valence-corrected chi connectivity index (χ1v) is 6.60. The molecule has 0 N–H and O–H groups in total. The molecule has 0 nitrogen and oxygen atoms in total. The summed E-state index contributed by atoms with van der Waals surface area (Å²) in [6.45, 7) is 0. The molecule has 1 saturated carbocycles. The predicted octanol–water partition coefficient (Wildman–Crippen LogP) is 4.30. The molecule has 1 aliphatic rings. The maximum absolute atomic E-state index is 5.85. The first-order chi connectivity index (χ1) is 6.79. The van der Waals surface area contributed by atoms with Crippen molar-refractivity contribution in [3.05, 3.63) is 34.9 Å². The highest BCUT2D eigenvalue weighted by Crippen LogP contribution is 2.39. The zero-order valence-corrected chi connectivity index (χ0v) is 10.4. The minimum Gasteiger partial charge on any atom is -0.0925 e. The predicted molar refractivity (Wildman–Crippen MR) is 65.2 cm³/mol. The molecular formula is C12H14BrCl. The molecular weight excluding hydrogens is 259 g/mol. The van der Waals surface area contributed by atoms with Gasteiger partial charge in [-0.3, -0.25) is 0 Å². The minimum absolute atomic E-state index is 0.816. The maximum atomic E-state index is 5.85. The van der Waals surface area contributed by atoms with Crippen LogP contribution in [0.2, 0.25) is 5.02 Å². The fourth-order valence-corrected chi connectivity index (χ4v) is 2.72. The van der Waals surface area contributed by atoms with E-state index in [4.69, 9.17) is 11.6 Å². The number of alkyl halides is 1. The fourth-order valence-electron chi connectivity index (χ4n) is 1.84. The largest absolute Gasteiger partial charge is 0.0925 e. The molecule has 1 aromatic rings. The molecule has 0 aliphatic heterocycles. The number of rotatable bonds is 4. The lowest BCUT2D eigenvalue weighted by molar-refractivity contribution is 0.519. The molecule has 1 fully saturated rings. The van der Waals surface area contributed by atoms with Crippen molar-refractivity contribution in [1.82, 2.24) is 0 Å². The normalized spacial score (nSPS) is 18.1. The van der Waals surface area contributed by atoms with Crippen LogP contribution in [-0.2, 0) is 6.42 Å². The average molecular weight is 274 g/mol. The summed E-state index contributed by atoms with van der Waals surface area (Å²) >= 11 is 9.45. The monoisotopic (exact) mass is 272 g/mol. The molecule has 0 bridgehead atoms. The lowest BCUT2D eigenvalue weighted by atomic mass is 9.97. The molecule has 1 aliphatic carbocycles. The highest BCUT2D eigenvalue weighted by atomic mass is 79.9. The van der Waals surface area contributed by atoms with Crippen molar-refractivity contribution >= 4 is 27.5 Å². The van der Waals surface area contributed by atoms with Crippen LogP contribution >= 0.6 is 27.5 Å². The van der Waals surface area contributed by atoms with Crippen molar-refractivity contribution in [2.24, 2.45) is 11.8 Å². The second-order valence-corrected chi connectivity index (χ2v) is 5.17. The van der Waals surface area contributed by atoms with E-state index in [0.29, 0.717) is 0 Å². The zero-order valence-electron chi connectivity index (χ0n) is 8.05. The molecule has 0 amide bonds. The van der Waals surface area contributed by atoms with E-state index in [-0.39, 0.29) is 0 Å². The van der Waals surface area contributed by atoms with Crippen molar-refractivity contribution < 1.29 is 0 Å². The van der Waals surface area contributed by atoms with Crippen molar-refractivity contribution in [3.8, 4) is 0 Å². The van der Waals surface area contributed by atoms with Crippen LogP contribution in [0.5, 0.6) is 0 Å². The summed E-state index contributed by atoms with van der Waals surface area (Å²) in [6.07, 6.45) is 4.03. The number of hydrogen-bond acceptors (Lipinski definition) is 0. The molecule has 1 unspecified atom stereocenters. The fraction of sp³-hybridized carbons (Fsp3) is 0.500. The van der Waals surface area contributed by atoms with E-state index in [9.17, 15) is 0 Å². The van der Waals surface area contributed by atoms with Crippen molar-refractivity contribution in [1.29, 1.82) is 0 Å². The van der Waals surface area contributed by atoms with Gasteiger partial charge in [0.2, 0.25) is 0 Å². The molecule has 0 aromatic heterocycles. The van der Waals surface area contributed by atoms with Gasteiger partial charge in [-0.1, -0.05) is 39.7 Å². The van der Waals surface area contributed by atoms with E-state index >= 15 is 0 Å². The molecule has 0 heterocycles. The standard InChI is InChI=1S/C12H14BrCl/c13-8-11(10-3-4-10)7-9-1-5-12(14)6-2-9/h1-2,5-6,10-11H,3-4,7-8H2. The summed E-state index contributed by atoms with van der Waals surface area (Å²) in [4.78, 5) is 0. The first-order valence-electron chi connectivity index (χ1n) is 5.10. The van der Waals surface area contributed by atoms with Gasteiger partial charge in [-0.15, -0.1) is 0 Å². The smallest absolute Gasteiger partial charge is 0.0406 e. The molecule has 76 valence electrons. The minimum atomic E-state index is 0.816. The lowest BCUT2D eigenvalue weighted by Gasteiger charge is -2.12. The van der Waals surface area contributed by atoms with Crippen LogP contribution in [0.3, 0.4) is 0 Å². The van der Waals surface area contributed by atoms with Crippen LogP contribution in [-0.4, -0.2) is 5.33 Å². The van der Waals surface area contributed by atoms with Gasteiger partial charge >= 0.3 is 0 Å². The molecule has 2 rings (SSSR count). The van der Waals surface area contributed by atoms with Crippen LogP contribution in [0.25, 0.3) is 0 Å². The Morgan fingerprint density at radius 3 is 2.43 bits per heavy atom. The third-order valence-electron chi connectivity index (χ3n) is 2.90. The lowest BCUT2D eigenvalue weighted by Crippen LogP contribution is -2.08. The summed E-state index contributed by atoms with van der Waals surface area (Å²) < 4.78 is 0. The van der Waals surface area contributed by atoms with Gasteiger partial charge in [0.15, 0.2) is 0 Å². The van der Waals surface area contributed by atoms with Gasteiger partial charge in [-0.2, -0.15) is 0 Å². The molecule has 0 radical (unpaired) electrons. The van der Waals surface area contributed by atoms with Crippen LogP contribution in [0.4, 0.5) is 0 Å². The van der Waals surface area contributed by atoms with E-state index in [2.05, 4.69) is 28.1 Å². The summed E-state index contributed by atoms with van der Waals surface area (Å²) in [5, 5.41) is 1.95. The third kappa shape index (κ3) is 2.74. The quantitative estimate of drug-likeness (QED) is 0.717. The summed E-state index contributed by atoms with van der Waals surface area (Å²) in [5.41, 5.74) is 1.41. The van der Waals surface area contributed by atoms with E-state index in [1.807, 2.05) is 12.1 Å². The number of hydrogen-bond donors (Lipinski definition) is 0. The second kappa shape index (κ2) is 4.67. The molecule has 0 spiro atoms. The average Bonchev–Trinajstić information content (AvgIpc) is 3.01. The molecule has 14 heavy (non-hydrogen) atoms. The second-order valence-electron chi connectivity index (χ2n) is 4.08. The molecule has 2 heteroatoms. The first kappa shape index (κ1) is 10.5. The van der Waals surface area contributed by atoms with Gasteiger partial charge in [0, 0.05) is 10.4 Å². The summed E-state index contributed by atoms with van der Waals surface area (Å²) in [5.74, 6) is 1.78. The molecule has 1 atom stereocenters. The van der Waals surface area contributed by atoms with Crippen LogP contribution < -0.4 is 0 Å². The zero-order chi connectivity index (χ0) is 9.97. The highest BCUT2D eigenvalue weighted by Gasteiger charge is 2.30. The number of halogens is 2. The van der Waals surface area contributed by atoms with Gasteiger partial charge in [-0.25, -0.2) is 0 Å². The van der Waals surface area contributed by atoms with E-state index in [1.54, 1.807) is 0 Å². The third-order valence-corrected chi connectivity index (χ3v) is 3.98. The Labute approximate surface area is 98.8 Å². The van der Waals surface area contributed by atoms with Gasteiger partial charge in [0.25, 0.3) is 0 Å². The Morgan fingerprint density at radius 1 is 1.29 bits per heavy atom. The van der Waals surface area contributed by atoms with Gasteiger partial charge in [0.05, 0.1) is 0 Å². The highest BCUT2D eigenvalue weighted by molar-refractivity contribution is 9.09. The van der Waals surface area contributed by atoms with Crippen LogP contribution in [0.1, 0.15) is 18.4 Å². The summed E-state index contributed by atoms with van der Waals surface area (Å²) in [7, 11) is 0. The molecule has 0 saturated heterocycles. The van der Waals surface area contributed by atoms with Crippen LogP contribution in [0, 0.1) is 11.8 Å². The Balaban J connectivity index is 1.98. The topological polar surface area (TPSA) is 0 Å². The van der Waals surface area contributed by atoms with Gasteiger partial charge in [0.1, 0.15) is 0 Å². The van der Waals surface area contributed by atoms with E-state index in [0.717, 1.165) is 22.2 Å². The van der Waals surface area contributed by atoms with Crippen molar-refractivity contribution in [3.63, 3.8) is 0 Å². The number of benzene rings is 1. The Kier molecular flexibility index (Phi) is 3.51. The van der Waals surface area contributed by atoms with Crippen molar-refractivity contribution in [2.45, 2.75) is 19.3 Å². The maximum Gasteiger partial charge on any atom is 0.0406 e. The van der Waals surface area contributed by atoms with E-state index in [1.165, 1.54) is 24.8 Å². The van der Waals surface area contributed by atoms with Crippen LogP contribution in [0.15, 0.2) is 24.3 Å². The molecule has 1 aromatic carbocycles. The van der Waals surface area contributed by atoms with Gasteiger partial charge in [-0.05, 0) is 48.8 Å².